The van der Waals surface area contributed by atoms with Crippen molar-refractivity contribution in [2.45, 2.75) is 155 Å². The smallest absolute Gasteiger partial charge is 0.306 e. The number of rotatable bonds is 36. The van der Waals surface area contributed by atoms with E-state index in [-0.39, 0.29) is 25.8 Å². The molecule has 50 heavy (non-hydrogen) atoms. The summed E-state index contributed by atoms with van der Waals surface area (Å²) in [6, 6.07) is 0. The van der Waals surface area contributed by atoms with Crippen molar-refractivity contribution in [2.75, 3.05) is 54.1 Å². The van der Waals surface area contributed by atoms with Crippen LogP contribution in [-0.2, 0) is 27.9 Å². The zero-order valence-corrected chi connectivity index (χ0v) is 33.7. The Bertz CT molecular complexity index is 942. The van der Waals surface area contributed by atoms with Gasteiger partial charge in [0.15, 0.2) is 0 Å². The topological polar surface area (TPSA) is 94.1 Å². The Morgan fingerprint density at radius 2 is 1.16 bits per heavy atom. The number of allylic oxidation sites excluding steroid dienone is 8. The first kappa shape index (κ1) is 48.5. The van der Waals surface area contributed by atoms with Gasteiger partial charge in [0.05, 0.1) is 34.4 Å². The van der Waals surface area contributed by atoms with E-state index in [4.69, 9.17) is 18.5 Å². The fraction of sp³-hybridized carbons (Fsp3) is 0.780. The lowest BCUT2D eigenvalue weighted by Crippen LogP contribution is -2.37. The lowest BCUT2D eigenvalue weighted by molar-refractivity contribution is -0.870. The van der Waals surface area contributed by atoms with Crippen molar-refractivity contribution in [1.29, 1.82) is 0 Å². The van der Waals surface area contributed by atoms with Crippen molar-refractivity contribution >= 4 is 13.8 Å². The minimum absolute atomic E-state index is 0.0212. The van der Waals surface area contributed by atoms with Crippen LogP contribution in [0.3, 0.4) is 0 Å². The number of ether oxygens (including phenoxy) is 2. The molecule has 0 saturated carbocycles. The van der Waals surface area contributed by atoms with Crippen molar-refractivity contribution in [3.8, 4) is 0 Å². The summed E-state index contributed by atoms with van der Waals surface area (Å²) in [5.41, 5.74) is 0. The minimum atomic E-state index is -4.52. The molecule has 0 aliphatic heterocycles. The van der Waals surface area contributed by atoms with Gasteiger partial charge in [-0.1, -0.05) is 127 Å². The van der Waals surface area contributed by atoms with Crippen LogP contribution in [0.15, 0.2) is 48.6 Å². The van der Waals surface area contributed by atoms with Crippen LogP contribution in [-0.4, -0.2) is 70.7 Å². The second kappa shape index (κ2) is 34.5. The molecule has 0 radical (unpaired) electrons. The lowest BCUT2D eigenvalue weighted by atomic mass is 10.1. The van der Waals surface area contributed by atoms with Crippen molar-refractivity contribution in [3.05, 3.63) is 48.6 Å². The van der Waals surface area contributed by atoms with Gasteiger partial charge < -0.3 is 27.9 Å². The molecule has 0 N–H and O–H groups in total. The van der Waals surface area contributed by atoms with E-state index >= 15 is 0 Å². The highest BCUT2D eigenvalue weighted by atomic mass is 31.2. The number of quaternary nitrogens is 1. The molecule has 0 amide bonds. The molecule has 0 saturated heterocycles. The van der Waals surface area contributed by atoms with Crippen LogP contribution in [0.5, 0.6) is 0 Å². The second-order valence-electron chi connectivity index (χ2n) is 14.3. The van der Waals surface area contributed by atoms with E-state index in [1.54, 1.807) is 0 Å². The maximum absolute atomic E-state index is 12.6. The number of phosphoric ester groups is 1. The molecule has 2 unspecified atom stereocenters. The van der Waals surface area contributed by atoms with Gasteiger partial charge in [-0.3, -0.25) is 9.36 Å². The zero-order valence-electron chi connectivity index (χ0n) is 32.8. The largest absolute Gasteiger partial charge is 0.756 e. The van der Waals surface area contributed by atoms with E-state index in [0.717, 1.165) is 77.0 Å². The third-order valence-corrected chi connectivity index (χ3v) is 9.06. The quantitative estimate of drug-likeness (QED) is 0.0209. The standard InChI is InChI=1S/C41H76NO7P/c1-6-8-10-12-14-16-18-19-20-21-22-23-24-25-27-29-31-33-36-46-38-40(39-48-50(44,45)47-37-35-42(3,4)5)49-41(43)34-32-30-28-26-17-15-13-11-9-7-2/h8,10-11,13-14,16,19-20,40H,6-7,9,12,15,17-18,21-39H2,1-5H3/b10-8-,13-11-,16-14-,20-19-. The molecule has 8 nitrogen and oxygen atoms in total. The second-order valence-corrected chi connectivity index (χ2v) is 15.7. The van der Waals surface area contributed by atoms with E-state index in [2.05, 4.69) is 62.5 Å². The molecule has 0 fully saturated rings. The Morgan fingerprint density at radius 3 is 1.76 bits per heavy atom. The van der Waals surface area contributed by atoms with Crippen LogP contribution in [0.25, 0.3) is 0 Å². The molecule has 0 aromatic carbocycles. The van der Waals surface area contributed by atoms with Crippen LogP contribution in [0, 0.1) is 0 Å². The summed E-state index contributed by atoms with van der Waals surface area (Å²) in [6.45, 7) is 5.19. The molecule has 0 aliphatic carbocycles. The third-order valence-electron chi connectivity index (χ3n) is 8.10. The fourth-order valence-electron chi connectivity index (χ4n) is 5.03. The normalized spacial score (nSPS) is 14.4. The molecule has 0 spiro atoms. The number of likely N-dealkylation sites (N-methyl/N-ethyl adjacent to an activating group) is 1. The van der Waals surface area contributed by atoms with Crippen molar-refractivity contribution < 1.29 is 37.3 Å². The van der Waals surface area contributed by atoms with Gasteiger partial charge in [0, 0.05) is 13.0 Å². The number of esters is 1. The minimum Gasteiger partial charge on any atom is -0.756 e. The van der Waals surface area contributed by atoms with Gasteiger partial charge in [0.25, 0.3) is 7.82 Å². The number of unbranched alkanes of at least 4 members (excludes halogenated alkanes) is 14. The highest BCUT2D eigenvalue weighted by Gasteiger charge is 2.20. The number of phosphoric acid groups is 1. The highest BCUT2D eigenvalue weighted by Crippen LogP contribution is 2.38. The Labute approximate surface area is 308 Å². The molecule has 0 aliphatic rings. The van der Waals surface area contributed by atoms with E-state index in [9.17, 15) is 14.3 Å². The first-order chi connectivity index (χ1) is 24.1. The van der Waals surface area contributed by atoms with E-state index in [1.165, 1.54) is 51.4 Å². The number of carbonyl (C=O) groups is 1. The maximum atomic E-state index is 12.6. The molecule has 0 aromatic heterocycles. The maximum Gasteiger partial charge on any atom is 0.306 e. The van der Waals surface area contributed by atoms with Crippen molar-refractivity contribution in [3.63, 3.8) is 0 Å². The SMILES string of the molecule is CC/C=C\C/C=C\C/C=C\CCCCCCCCCCOCC(COP(=O)([O-])OCC[N+](C)(C)C)OC(=O)CCCCCCC/C=C\CCC. The summed E-state index contributed by atoms with van der Waals surface area (Å²) in [7, 11) is 1.34. The van der Waals surface area contributed by atoms with Gasteiger partial charge >= 0.3 is 5.97 Å². The van der Waals surface area contributed by atoms with Gasteiger partial charge in [-0.15, -0.1) is 0 Å². The monoisotopic (exact) mass is 726 g/mol. The zero-order chi connectivity index (χ0) is 37.0. The molecule has 0 aromatic rings. The van der Waals surface area contributed by atoms with Gasteiger partial charge in [-0.05, 0) is 64.2 Å². The predicted molar refractivity (Wildman–Crippen MR) is 208 cm³/mol. The first-order valence-electron chi connectivity index (χ1n) is 19.9. The van der Waals surface area contributed by atoms with Crippen LogP contribution >= 0.6 is 7.82 Å². The van der Waals surface area contributed by atoms with Gasteiger partial charge in [0.2, 0.25) is 0 Å². The molecule has 0 heterocycles. The Kier molecular flexibility index (Phi) is 33.5. The van der Waals surface area contributed by atoms with Crippen LogP contribution in [0.1, 0.15) is 149 Å². The van der Waals surface area contributed by atoms with Gasteiger partial charge in [0.1, 0.15) is 19.3 Å². The number of nitrogens with zero attached hydrogens (tertiary/aromatic N) is 1. The van der Waals surface area contributed by atoms with E-state index in [0.29, 0.717) is 24.1 Å². The Hall–Kier alpha value is -1.54. The van der Waals surface area contributed by atoms with Crippen molar-refractivity contribution in [1.82, 2.24) is 0 Å². The Balaban J connectivity index is 4.25. The Morgan fingerprint density at radius 1 is 0.640 bits per heavy atom. The van der Waals surface area contributed by atoms with Crippen molar-refractivity contribution in [2.24, 2.45) is 0 Å². The lowest BCUT2D eigenvalue weighted by Gasteiger charge is -2.28. The summed E-state index contributed by atoms with van der Waals surface area (Å²) >= 11 is 0. The first-order valence-corrected chi connectivity index (χ1v) is 21.3. The average molecular weight is 726 g/mol. The van der Waals surface area contributed by atoms with E-state index in [1.807, 2.05) is 21.1 Å². The molecular formula is C41H76NO7P. The fourth-order valence-corrected chi connectivity index (χ4v) is 5.76. The third kappa shape index (κ3) is 37.7. The molecule has 2 atom stereocenters. The molecule has 0 bridgehead atoms. The summed E-state index contributed by atoms with van der Waals surface area (Å²) in [4.78, 5) is 24.9. The number of hydrogen-bond donors (Lipinski definition) is 0. The van der Waals surface area contributed by atoms with E-state index < -0.39 is 13.9 Å². The highest BCUT2D eigenvalue weighted by molar-refractivity contribution is 7.45. The summed E-state index contributed by atoms with van der Waals surface area (Å²) in [6.07, 6.45) is 39.8. The average Bonchev–Trinajstić information content (AvgIpc) is 3.06. The van der Waals surface area contributed by atoms with Crippen LogP contribution in [0.2, 0.25) is 0 Å². The molecule has 292 valence electrons. The number of carbonyl (C=O) groups excluding carboxylic acids is 1. The van der Waals surface area contributed by atoms with Gasteiger partial charge in [-0.2, -0.15) is 0 Å². The molecule has 9 heteroatoms. The predicted octanol–water partition coefficient (Wildman–Crippen LogP) is 10.6. The molecular weight excluding hydrogens is 649 g/mol. The summed E-state index contributed by atoms with van der Waals surface area (Å²) < 4.78 is 34.4. The summed E-state index contributed by atoms with van der Waals surface area (Å²) in [5, 5.41) is 0. The van der Waals surface area contributed by atoms with Crippen LogP contribution in [0.4, 0.5) is 0 Å². The van der Waals surface area contributed by atoms with Crippen LogP contribution < -0.4 is 4.89 Å². The molecule has 0 rings (SSSR count). The number of hydrogen-bond acceptors (Lipinski definition) is 7. The summed E-state index contributed by atoms with van der Waals surface area (Å²) in [5.74, 6) is -0.351. The van der Waals surface area contributed by atoms with Gasteiger partial charge in [-0.25, -0.2) is 0 Å².